The molecule has 2 nitrogen and oxygen atoms in total. The van der Waals surface area contributed by atoms with E-state index in [1.54, 1.807) is 0 Å². The SMILES string of the molecule is CCC(C)c1ccc2c(c1)C(=O)OCC2. The first-order valence-corrected chi connectivity index (χ1v) is 5.52. The summed E-state index contributed by atoms with van der Waals surface area (Å²) < 4.78 is 5.03. The number of ether oxygens (including phenoxy) is 1. The second kappa shape index (κ2) is 4.05. The molecule has 0 amide bonds. The van der Waals surface area contributed by atoms with E-state index in [1.807, 2.05) is 6.07 Å². The topological polar surface area (TPSA) is 26.3 Å². The maximum Gasteiger partial charge on any atom is 0.338 e. The fraction of sp³-hybridized carbons (Fsp3) is 0.462. The molecule has 1 aliphatic rings. The summed E-state index contributed by atoms with van der Waals surface area (Å²) in [6, 6.07) is 6.19. The van der Waals surface area contributed by atoms with E-state index in [-0.39, 0.29) is 5.97 Å². The lowest BCUT2D eigenvalue weighted by Gasteiger charge is -2.18. The number of benzene rings is 1. The molecule has 1 aliphatic heterocycles. The number of carbonyl (C=O) groups is 1. The highest BCUT2D eigenvalue weighted by molar-refractivity contribution is 5.92. The van der Waals surface area contributed by atoms with Crippen LogP contribution in [-0.2, 0) is 11.2 Å². The minimum absolute atomic E-state index is 0.165. The lowest BCUT2D eigenvalue weighted by atomic mass is 9.93. The fourth-order valence-electron chi connectivity index (χ4n) is 1.88. The first kappa shape index (κ1) is 10.2. The van der Waals surface area contributed by atoms with Gasteiger partial charge in [-0.25, -0.2) is 4.79 Å². The molecule has 0 radical (unpaired) electrons. The van der Waals surface area contributed by atoms with E-state index in [1.165, 1.54) is 5.56 Å². The van der Waals surface area contributed by atoms with E-state index in [4.69, 9.17) is 4.74 Å². The zero-order chi connectivity index (χ0) is 10.8. The number of cyclic esters (lactones) is 1. The zero-order valence-electron chi connectivity index (χ0n) is 9.25. The molecule has 0 fully saturated rings. The van der Waals surface area contributed by atoms with Crippen LogP contribution in [0.15, 0.2) is 18.2 Å². The highest BCUT2D eigenvalue weighted by atomic mass is 16.5. The lowest BCUT2D eigenvalue weighted by molar-refractivity contribution is 0.0480. The fourth-order valence-corrected chi connectivity index (χ4v) is 1.88. The van der Waals surface area contributed by atoms with Gasteiger partial charge >= 0.3 is 5.97 Å². The molecule has 2 heteroatoms. The van der Waals surface area contributed by atoms with Gasteiger partial charge in [-0.3, -0.25) is 0 Å². The van der Waals surface area contributed by atoms with Crippen molar-refractivity contribution in [3.63, 3.8) is 0 Å². The quantitative estimate of drug-likeness (QED) is 0.692. The van der Waals surface area contributed by atoms with Crippen LogP contribution in [0.2, 0.25) is 0 Å². The van der Waals surface area contributed by atoms with Gasteiger partial charge in [0.05, 0.1) is 12.2 Å². The minimum atomic E-state index is -0.165. The highest BCUT2D eigenvalue weighted by Crippen LogP contribution is 2.24. The van der Waals surface area contributed by atoms with Crippen LogP contribution in [0.25, 0.3) is 0 Å². The molecule has 1 heterocycles. The Labute approximate surface area is 90.3 Å². The van der Waals surface area contributed by atoms with E-state index >= 15 is 0 Å². The summed E-state index contributed by atoms with van der Waals surface area (Å²) in [7, 11) is 0. The van der Waals surface area contributed by atoms with Gasteiger partial charge in [-0.05, 0) is 29.5 Å². The van der Waals surface area contributed by atoms with Gasteiger partial charge in [0, 0.05) is 6.42 Å². The van der Waals surface area contributed by atoms with Gasteiger partial charge < -0.3 is 4.74 Å². The van der Waals surface area contributed by atoms with Gasteiger partial charge in [-0.2, -0.15) is 0 Å². The molecule has 0 aromatic heterocycles. The maximum atomic E-state index is 11.5. The third kappa shape index (κ3) is 1.89. The zero-order valence-corrected chi connectivity index (χ0v) is 9.25. The van der Waals surface area contributed by atoms with Crippen molar-refractivity contribution >= 4 is 5.97 Å². The first-order chi connectivity index (χ1) is 7.22. The van der Waals surface area contributed by atoms with Crippen molar-refractivity contribution in [3.05, 3.63) is 34.9 Å². The van der Waals surface area contributed by atoms with Crippen LogP contribution in [0.4, 0.5) is 0 Å². The van der Waals surface area contributed by atoms with Gasteiger partial charge in [-0.1, -0.05) is 26.0 Å². The van der Waals surface area contributed by atoms with Crippen LogP contribution < -0.4 is 0 Å². The summed E-state index contributed by atoms with van der Waals surface area (Å²) in [6.45, 7) is 4.85. The largest absolute Gasteiger partial charge is 0.462 e. The van der Waals surface area contributed by atoms with Crippen molar-refractivity contribution in [2.75, 3.05) is 6.61 Å². The van der Waals surface area contributed by atoms with Gasteiger partial charge in [0.2, 0.25) is 0 Å². The molecule has 2 rings (SSSR count). The molecular weight excluding hydrogens is 188 g/mol. The average Bonchev–Trinajstić information content (AvgIpc) is 2.28. The highest BCUT2D eigenvalue weighted by Gasteiger charge is 2.19. The number of hydrogen-bond donors (Lipinski definition) is 0. The molecule has 15 heavy (non-hydrogen) atoms. The molecule has 0 N–H and O–H groups in total. The third-order valence-corrected chi connectivity index (χ3v) is 3.14. The summed E-state index contributed by atoms with van der Waals surface area (Å²) in [4.78, 5) is 11.5. The Bertz CT molecular complexity index is 382. The Kier molecular flexibility index (Phi) is 2.76. The first-order valence-electron chi connectivity index (χ1n) is 5.52. The summed E-state index contributed by atoms with van der Waals surface area (Å²) >= 11 is 0. The Morgan fingerprint density at radius 3 is 3.00 bits per heavy atom. The molecule has 1 unspecified atom stereocenters. The van der Waals surface area contributed by atoms with Crippen molar-refractivity contribution in [1.82, 2.24) is 0 Å². The van der Waals surface area contributed by atoms with Crippen molar-refractivity contribution < 1.29 is 9.53 Å². The number of carbonyl (C=O) groups excluding carboxylic acids is 1. The lowest BCUT2D eigenvalue weighted by Crippen LogP contribution is -2.17. The van der Waals surface area contributed by atoms with Crippen molar-refractivity contribution in [3.8, 4) is 0 Å². The number of fused-ring (bicyclic) bond motifs is 1. The predicted octanol–water partition coefficient (Wildman–Crippen LogP) is 2.91. The Morgan fingerprint density at radius 2 is 2.27 bits per heavy atom. The summed E-state index contributed by atoms with van der Waals surface area (Å²) in [6.07, 6.45) is 1.94. The van der Waals surface area contributed by atoms with Crippen LogP contribution in [-0.4, -0.2) is 12.6 Å². The number of esters is 1. The minimum Gasteiger partial charge on any atom is -0.462 e. The second-order valence-corrected chi connectivity index (χ2v) is 4.11. The van der Waals surface area contributed by atoms with Crippen molar-refractivity contribution in [2.45, 2.75) is 32.6 Å². The van der Waals surface area contributed by atoms with E-state index in [0.29, 0.717) is 12.5 Å². The Balaban J connectivity index is 2.39. The van der Waals surface area contributed by atoms with Crippen LogP contribution >= 0.6 is 0 Å². The summed E-state index contributed by atoms with van der Waals surface area (Å²) in [5.41, 5.74) is 3.12. The Hall–Kier alpha value is -1.31. The third-order valence-electron chi connectivity index (χ3n) is 3.14. The normalized spacial score (nSPS) is 16.8. The van der Waals surface area contributed by atoms with Gasteiger partial charge in [-0.15, -0.1) is 0 Å². The van der Waals surface area contributed by atoms with Crippen LogP contribution in [0, 0.1) is 0 Å². The van der Waals surface area contributed by atoms with Crippen molar-refractivity contribution in [2.24, 2.45) is 0 Å². The molecule has 0 bridgehead atoms. The van der Waals surface area contributed by atoms with E-state index in [2.05, 4.69) is 26.0 Å². The smallest absolute Gasteiger partial charge is 0.338 e. The van der Waals surface area contributed by atoms with Crippen LogP contribution in [0.1, 0.15) is 47.7 Å². The molecule has 0 saturated heterocycles. The average molecular weight is 204 g/mol. The maximum absolute atomic E-state index is 11.5. The molecule has 0 saturated carbocycles. The molecule has 0 aliphatic carbocycles. The number of rotatable bonds is 2. The van der Waals surface area contributed by atoms with Crippen molar-refractivity contribution in [1.29, 1.82) is 0 Å². The van der Waals surface area contributed by atoms with Crippen LogP contribution in [0.3, 0.4) is 0 Å². The van der Waals surface area contributed by atoms with Crippen LogP contribution in [0.5, 0.6) is 0 Å². The molecule has 1 atom stereocenters. The molecule has 80 valence electrons. The monoisotopic (exact) mass is 204 g/mol. The Morgan fingerprint density at radius 1 is 1.47 bits per heavy atom. The van der Waals surface area contributed by atoms with Gasteiger partial charge in [0.15, 0.2) is 0 Å². The van der Waals surface area contributed by atoms with E-state index in [9.17, 15) is 4.79 Å². The predicted molar refractivity (Wildman–Crippen MR) is 59.1 cm³/mol. The van der Waals surface area contributed by atoms with E-state index in [0.717, 1.165) is 24.0 Å². The van der Waals surface area contributed by atoms with Gasteiger partial charge in [0.1, 0.15) is 0 Å². The second-order valence-electron chi connectivity index (χ2n) is 4.11. The summed E-state index contributed by atoms with van der Waals surface area (Å²) in [5.74, 6) is 0.339. The molecular formula is C13H16O2. The molecule has 0 spiro atoms. The summed E-state index contributed by atoms with van der Waals surface area (Å²) in [5, 5.41) is 0. The standard InChI is InChI=1S/C13H16O2/c1-3-9(2)11-5-4-10-6-7-15-13(14)12(10)8-11/h4-5,8-9H,3,6-7H2,1-2H3. The van der Waals surface area contributed by atoms with E-state index < -0.39 is 0 Å². The van der Waals surface area contributed by atoms with Gasteiger partial charge in [0.25, 0.3) is 0 Å². The number of hydrogen-bond acceptors (Lipinski definition) is 2. The molecule has 1 aromatic carbocycles. The molecule has 1 aromatic rings.